The van der Waals surface area contributed by atoms with Crippen molar-refractivity contribution in [3.8, 4) is 0 Å². The molecule has 1 aromatic heterocycles. The zero-order valence-electron chi connectivity index (χ0n) is 12.6. The van der Waals surface area contributed by atoms with Gasteiger partial charge in [0.2, 0.25) is 0 Å². The molecule has 1 atom stereocenters. The number of aryl methyl sites for hydroxylation is 1. The van der Waals surface area contributed by atoms with Crippen molar-refractivity contribution in [2.45, 2.75) is 45.1 Å². The van der Waals surface area contributed by atoms with Crippen LogP contribution in [0.4, 0.5) is 10.8 Å². The van der Waals surface area contributed by atoms with E-state index in [4.69, 9.17) is 10.7 Å². The molecule has 112 valence electrons. The summed E-state index contributed by atoms with van der Waals surface area (Å²) in [5, 5.41) is 1.11. The van der Waals surface area contributed by atoms with E-state index in [1.807, 2.05) is 0 Å². The average molecular weight is 301 g/mol. The van der Waals surface area contributed by atoms with E-state index in [1.54, 1.807) is 11.3 Å². The number of benzene rings is 1. The third-order valence-electron chi connectivity index (χ3n) is 4.02. The van der Waals surface area contributed by atoms with E-state index in [0.29, 0.717) is 0 Å². The summed E-state index contributed by atoms with van der Waals surface area (Å²) >= 11 is 1.79. The van der Waals surface area contributed by atoms with Crippen LogP contribution < -0.4 is 10.6 Å². The molecule has 0 aliphatic heterocycles. The predicted octanol–water partition coefficient (Wildman–Crippen LogP) is 4.42. The van der Waals surface area contributed by atoms with Crippen LogP contribution in [0.2, 0.25) is 0 Å². The largest absolute Gasteiger partial charge is 0.323 e. The second kappa shape index (κ2) is 6.58. The number of thiazole rings is 1. The number of hydrogen-bond acceptors (Lipinski definition) is 4. The summed E-state index contributed by atoms with van der Waals surface area (Å²) in [6, 6.07) is 10.8. The second-order valence-corrected chi connectivity index (χ2v) is 6.66. The van der Waals surface area contributed by atoms with E-state index in [-0.39, 0.29) is 6.04 Å². The van der Waals surface area contributed by atoms with Gasteiger partial charge in [0.05, 0.1) is 5.69 Å². The lowest BCUT2D eigenvalue weighted by atomic mass is 9.99. The maximum absolute atomic E-state index is 6.25. The highest BCUT2D eigenvalue weighted by molar-refractivity contribution is 7.15. The van der Waals surface area contributed by atoms with E-state index < -0.39 is 0 Å². The van der Waals surface area contributed by atoms with E-state index in [0.717, 1.165) is 30.9 Å². The molecular weight excluding hydrogens is 278 g/mol. The van der Waals surface area contributed by atoms with Crippen LogP contribution in [0.15, 0.2) is 30.3 Å². The molecular formula is C17H23N3S. The molecule has 1 aliphatic rings. The lowest BCUT2D eigenvalue weighted by Gasteiger charge is -2.21. The van der Waals surface area contributed by atoms with Crippen LogP contribution in [-0.4, -0.2) is 11.5 Å². The Kier molecular flexibility index (Phi) is 4.56. The first-order chi connectivity index (χ1) is 10.3. The normalized spacial score (nSPS) is 17.5. The van der Waals surface area contributed by atoms with Crippen LogP contribution in [0.3, 0.4) is 0 Å². The third-order valence-corrected chi connectivity index (χ3v) is 5.27. The van der Waals surface area contributed by atoms with Gasteiger partial charge in [0.15, 0.2) is 5.13 Å². The molecule has 3 nitrogen and oxygen atoms in total. The quantitative estimate of drug-likeness (QED) is 0.889. The van der Waals surface area contributed by atoms with Gasteiger partial charge in [-0.1, -0.05) is 42.9 Å². The van der Waals surface area contributed by atoms with Crippen molar-refractivity contribution in [2.75, 3.05) is 11.4 Å². The first-order valence-corrected chi connectivity index (χ1v) is 8.69. The van der Waals surface area contributed by atoms with Gasteiger partial charge >= 0.3 is 0 Å². The Bertz CT molecular complexity index is 579. The Balaban J connectivity index is 1.93. The lowest BCUT2D eigenvalue weighted by Crippen LogP contribution is -2.18. The van der Waals surface area contributed by atoms with E-state index in [1.165, 1.54) is 29.1 Å². The minimum absolute atomic E-state index is 0.184. The van der Waals surface area contributed by atoms with Crippen LogP contribution >= 0.6 is 11.3 Å². The fourth-order valence-corrected chi connectivity index (χ4v) is 4.01. The Morgan fingerprint density at radius 2 is 2.14 bits per heavy atom. The highest BCUT2D eigenvalue weighted by atomic mass is 32.1. The van der Waals surface area contributed by atoms with Gasteiger partial charge in [-0.15, -0.1) is 0 Å². The van der Waals surface area contributed by atoms with Crippen LogP contribution in [0.1, 0.15) is 49.2 Å². The summed E-state index contributed by atoms with van der Waals surface area (Å²) in [6.07, 6.45) is 5.70. The smallest absolute Gasteiger partial charge is 0.190 e. The SMILES string of the molecule is CCCCN(c1ccccc1)c1nc2c(s1)C(N)CCC2. The Morgan fingerprint density at radius 3 is 2.86 bits per heavy atom. The first-order valence-electron chi connectivity index (χ1n) is 7.87. The van der Waals surface area contributed by atoms with E-state index >= 15 is 0 Å². The van der Waals surface area contributed by atoms with Gasteiger partial charge in [0, 0.05) is 23.2 Å². The number of rotatable bonds is 5. The fourth-order valence-electron chi connectivity index (χ4n) is 2.81. The maximum Gasteiger partial charge on any atom is 0.190 e. The van der Waals surface area contributed by atoms with E-state index in [9.17, 15) is 0 Å². The summed E-state index contributed by atoms with van der Waals surface area (Å²) in [7, 11) is 0. The summed E-state index contributed by atoms with van der Waals surface area (Å²) in [5.41, 5.74) is 8.71. The zero-order valence-corrected chi connectivity index (χ0v) is 13.4. The van der Waals surface area contributed by atoms with Crippen molar-refractivity contribution in [3.05, 3.63) is 40.9 Å². The number of nitrogens with two attached hydrogens (primary N) is 1. The average Bonchev–Trinajstić information content (AvgIpc) is 2.94. The number of anilines is 2. The molecule has 4 heteroatoms. The Hall–Kier alpha value is -1.39. The van der Waals surface area contributed by atoms with E-state index in [2.05, 4.69) is 42.2 Å². The zero-order chi connectivity index (χ0) is 14.7. The summed E-state index contributed by atoms with van der Waals surface area (Å²) in [4.78, 5) is 8.54. The molecule has 21 heavy (non-hydrogen) atoms. The molecule has 1 unspecified atom stereocenters. The summed E-state index contributed by atoms with van der Waals surface area (Å²) in [5.74, 6) is 0. The number of fused-ring (bicyclic) bond motifs is 1. The van der Waals surface area contributed by atoms with Gasteiger partial charge in [-0.2, -0.15) is 0 Å². The number of unbranched alkanes of at least 4 members (excludes halogenated alkanes) is 1. The number of para-hydroxylation sites is 1. The number of hydrogen-bond donors (Lipinski definition) is 1. The number of aromatic nitrogens is 1. The molecule has 0 radical (unpaired) electrons. The highest BCUT2D eigenvalue weighted by Gasteiger charge is 2.24. The molecule has 0 saturated carbocycles. The van der Waals surface area contributed by atoms with Crippen LogP contribution in [0.5, 0.6) is 0 Å². The summed E-state index contributed by atoms with van der Waals surface area (Å²) < 4.78 is 0. The van der Waals surface area contributed by atoms with Gasteiger partial charge in [-0.05, 0) is 37.8 Å². The second-order valence-electron chi connectivity index (χ2n) is 5.65. The monoisotopic (exact) mass is 301 g/mol. The Morgan fingerprint density at radius 1 is 1.33 bits per heavy atom. The maximum atomic E-state index is 6.25. The van der Waals surface area contributed by atoms with Gasteiger partial charge in [-0.3, -0.25) is 0 Å². The molecule has 1 aliphatic carbocycles. The molecule has 0 bridgehead atoms. The predicted molar refractivity (Wildman–Crippen MR) is 90.3 cm³/mol. The molecule has 0 amide bonds. The minimum Gasteiger partial charge on any atom is -0.323 e. The summed E-state index contributed by atoms with van der Waals surface area (Å²) in [6.45, 7) is 3.24. The van der Waals surface area contributed by atoms with Crippen molar-refractivity contribution < 1.29 is 0 Å². The van der Waals surface area contributed by atoms with Crippen molar-refractivity contribution in [2.24, 2.45) is 5.73 Å². The van der Waals surface area contributed by atoms with Crippen LogP contribution in [0.25, 0.3) is 0 Å². The van der Waals surface area contributed by atoms with Crippen molar-refractivity contribution in [1.82, 2.24) is 4.98 Å². The minimum atomic E-state index is 0.184. The molecule has 0 saturated heterocycles. The standard InChI is InChI=1S/C17H23N3S/c1-2-3-12-20(13-8-5-4-6-9-13)17-19-15-11-7-10-14(18)16(15)21-17/h4-6,8-9,14H,2-3,7,10-12,18H2,1H3. The molecule has 2 aromatic rings. The topological polar surface area (TPSA) is 42.2 Å². The highest BCUT2D eigenvalue weighted by Crippen LogP contribution is 2.38. The van der Waals surface area contributed by atoms with Gasteiger partial charge in [-0.25, -0.2) is 4.98 Å². The molecule has 1 heterocycles. The molecule has 2 N–H and O–H groups in total. The van der Waals surface area contributed by atoms with Crippen molar-refractivity contribution in [3.63, 3.8) is 0 Å². The molecule has 0 spiro atoms. The number of nitrogens with zero attached hydrogens (tertiary/aromatic N) is 2. The molecule has 3 rings (SSSR count). The van der Waals surface area contributed by atoms with Crippen molar-refractivity contribution >= 4 is 22.2 Å². The lowest BCUT2D eigenvalue weighted by molar-refractivity contribution is 0.573. The third kappa shape index (κ3) is 3.11. The van der Waals surface area contributed by atoms with Gasteiger partial charge in [0.25, 0.3) is 0 Å². The van der Waals surface area contributed by atoms with Gasteiger partial charge < -0.3 is 10.6 Å². The Labute approximate surface area is 130 Å². The first kappa shape index (κ1) is 14.5. The molecule has 1 aromatic carbocycles. The van der Waals surface area contributed by atoms with Crippen molar-refractivity contribution in [1.29, 1.82) is 0 Å². The van der Waals surface area contributed by atoms with Crippen LogP contribution in [0, 0.1) is 0 Å². The fraction of sp³-hybridized carbons (Fsp3) is 0.471. The van der Waals surface area contributed by atoms with Crippen LogP contribution in [-0.2, 0) is 6.42 Å². The molecule has 0 fully saturated rings. The van der Waals surface area contributed by atoms with Gasteiger partial charge in [0.1, 0.15) is 0 Å².